The summed E-state index contributed by atoms with van der Waals surface area (Å²) >= 11 is 7.21. The minimum Gasteiger partial charge on any atom is -0.325 e. The van der Waals surface area contributed by atoms with E-state index in [1.54, 1.807) is 0 Å². The maximum Gasteiger partial charge on any atom is 0.319 e. The van der Waals surface area contributed by atoms with Gasteiger partial charge < -0.3 is 29.4 Å². The second-order valence-corrected chi connectivity index (χ2v) is 10.6. The van der Waals surface area contributed by atoms with E-state index in [1.165, 1.54) is 38.5 Å². The minimum atomic E-state index is -3.81. The monoisotopic (exact) mass is 492 g/mol. The van der Waals surface area contributed by atoms with Gasteiger partial charge in [-0.3, -0.25) is 0 Å². The van der Waals surface area contributed by atoms with Crippen LogP contribution in [0.1, 0.15) is 80.1 Å². The van der Waals surface area contributed by atoms with Gasteiger partial charge in [0.05, 0.1) is 0 Å². The first kappa shape index (κ1) is 37.4. The van der Waals surface area contributed by atoms with Crippen molar-refractivity contribution in [3.8, 4) is 0 Å². The molecule has 0 saturated carbocycles. The zero-order chi connectivity index (χ0) is 20.4. The van der Waals surface area contributed by atoms with Gasteiger partial charge in [0.25, 0.3) is 0 Å². The van der Waals surface area contributed by atoms with E-state index >= 15 is 0 Å². The second kappa shape index (κ2) is 23.7. The van der Waals surface area contributed by atoms with Crippen LogP contribution in [0, 0.1) is 11.8 Å². The summed E-state index contributed by atoms with van der Waals surface area (Å²) in [4.78, 5) is 45.3. The van der Waals surface area contributed by atoms with Crippen molar-refractivity contribution in [1.82, 2.24) is 0 Å². The Hall–Kier alpha value is 1.68. The average Bonchev–Trinajstić information content (AvgIpc) is 2.36. The molecule has 0 bridgehead atoms. The molecule has 25 heavy (non-hydrogen) atoms. The first-order valence-electron chi connectivity index (χ1n) is 8.18. The molecule has 0 aromatic carbocycles. The molecule has 0 amide bonds. The third-order valence-corrected chi connectivity index (χ3v) is 2.96. The fourth-order valence-electron chi connectivity index (χ4n) is 1.39. The molecule has 0 aliphatic heterocycles. The third kappa shape index (κ3) is 106. The van der Waals surface area contributed by atoms with Gasteiger partial charge in [-0.25, -0.2) is 0 Å². The molecular formula is C14H38O6P2S2Zn. The van der Waals surface area contributed by atoms with Crippen LogP contribution in [0.5, 0.6) is 0 Å². The van der Waals surface area contributed by atoms with Gasteiger partial charge >= 0.3 is 13.4 Å². The fraction of sp³-hybridized carbons (Fsp3) is 1.00. The number of rotatable bonds is 6. The van der Waals surface area contributed by atoms with E-state index < -0.39 is 13.4 Å². The molecule has 2 unspecified atom stereocenters. The quantitative estimate of drug-likeness (QED) is 0.242. The summed E-state index contributed by atoms with van der Waals surface area (Å²) in [6.07, 6.45) is 8.17. The molecule has 0 aromatic rings. The molecule has 0 aliphatic rings. The Morgan fingerprint density at radius 1 is 0.640 bits per heavy atom. The maximum atomic E-state index is 7.56. The van der Waals surface area contributed by atoms with Crippen molar-refractivity contribution < 1.29 is 48.8 Å². The van der Waals surface area contributed by atoms with Crippen LogP contribution in [0.2, 0.25) is 0 Å². The molecule has 0 aliphatic carbocycles. The Bertz CT molecular complexity index is 291. The van der Waals surface area contributed by atoms with Crippen LogP contribution in [-0.4, -0.2) is 29.4 Å². The topological polar surface area (TPSA) is 121 Å². The zero-order valence-corrected chi connectivity index (χ0v) is 22.9. The van der Waals surface area contributed by atoms with Crippen molar-refractivity contribution >= 4 is 37.1 Å². The third-order valence-electron chi connectivity index (χ3n) is 2.96. The molecule has 6 N–H and O–H groups in total. The first-order chi connectivity index (χ1) is 10.6. The van der Waals surface area contributed by atoms with Gasteiger partial charge in [-0.15, -0.1) is 0 Å². The summed E-state index contributed by atoms with van der Waals surface area (Å²) < 4.78 is 0. The Labute approximate surface area is 177 Å². The summed E-state index contributed by atoms with van der Waals surface area (Å²) in [7, 11) is 0. The fourth-order valence-corrected chi connectivity index (χ4v) is 1.39. The Balaban J connectivity index is -0.0000000711. The Morgan fingerprint density at radius 2 is 0.800 bits per heavy atom. The van der Waals surface area contributed by atoms with E-state index in [0.717, 1.165) is 11.8 Å². The zero-order valence-electron chi connectivity index (χ0n) is 16.5. The normalized spacial score (nSPS) is 12.6. The molecule has 0 rings (SSSR count). The molecule has 0 heterocycles. The van der Waals surface area contributed by atoms with Gasteiger partial charge in [-0.05, 0) is 35.4 Å². The van der Waals surface area contributed by atoms with Crippen molar-refractivity contribution in [3.63, 3.8) is 0 Å². The van der Waals surface area contributed by atoms with Gasteiger partial charge in [0, 0.05) is 19.5 Å². The predicted molar refractivity (Wildman–Crippen MR) is 111 cm³/mol. The Morgan fingerprint density at radius 3 is 0.840 bits per heavy atom. The van der Waals surface area contributed by atoms with E-state index in [9.17, 15) is 0 Å². The largest absolute Gasteiger partial charge is 0.325 e. The van der Waals surface area contributed by atoms with Crippen molar-refractivity contribution in [2.75, 3.05) is 0 Å². The van der Waals surface area contributed by atoms with Crippen molar-refractivity contribution in [2.24, 2.45) is 11.8 Å². The van der Waals surface area contributed by atoms with E-state index in [4.69, 9.17) is 29.4 Å². The van der Waals surface area contributed by atoms with Gasteiger partial charge in [0.2, 0.25) is 0 Å². The first-order valence-corrected chi connectivity index (χ1v) is 13.5. The molecule has 2 atom stereocenters. The standard InChI is InChI=1S/2C7H16.2H3O3PS.Zn/c2*1-4-6-7(3)5-2;2*1-4(2,3)5;/h2*7H,4-6H2,1-3H3;2*(H3,1,2,3,5);. The number of hydrogen-bond donors (Lipinski definition) is 6. The van der Waals surface area contributed by atoms with Crippen LogP contribution in [0.15, 0.2) is 0 Å². The van der Waals surface area contributed by atoms with Crippen LogP contribution in [0.4, 0.5) is 0 Å². The SMILES string of the molecule is CCCC(C)CC.CCCC(C)CC.OP(O)(O)=S.OP(O)(O)=S.[Zn]. The van der Waals surface area contributed by atoms with Crippen LogP contribution < -0.4 is 0 Å². The molecule has 0 saturated heterocycles. The molecular weight excluding hydrogens is 456 g/mol. The van der Waals surface area contributed by atoms with Crippen molar-refractivity contribution in [1.29, 1.82) is 0 Å². The smallest absolute Gasteiger partial charge is 0.319 e. The molecule has 0 spiro atoms. The summed E-state index contributed by atoms with van der Waals surface area (Å²) in [5, 5.41) is 0. The van der Waals surface area contributed by atoms with E-state index in [0.29, 0.717) is 0 Å². The molecule has 6 nitrogen and oxygen atoms in total. The van der Waals surface area contributed by atoms with E-state index in [2.05, 4.69) is 65.2 Å². The van der Waals surface area contributed by atoms with Crippen LogP contribution >= 0.6 is 13.4 Å². The molecule has 0 aromatic heterocycles. The minimum absolute atomic E-state index is 0. The van der Waals surface area contributed by atoms with Gasteiger partial charge in [0.15, 0.2) is 0 Å². The number of hydrogen-bond acceptors (Lipinski definition) is 2. The molecule has 0 fully saturated rings. The maximum absolute atomic E-state index is 7.56. The summed E-state index contributed by atoms with van der Waals surface area (Å²) in [6, 6.07) is 0. The molecule has 0 radical (unpaired) electrons. The summed E-state index contributed by atoms with van der Waals surface area (Å²) in [5.41, 5.74) is 0. The summed E-state index contributed by atoms with van der Waals surface area (Å²) in [5.74, 6) is 1.90. The average molecular weight is 494 g/mol. The van der Waals surface area contributed by atoms with Gasteiger partial charge in [0.1, 0.15) is 0 Å². The van der Waals surface area contributed by atoms with Crippen molar-refractivity contribution in [3.05, 3.63) is 0 Å². The van der Waals surface area contributed by atoms with E-state index in [1.807, 2.05) is 0 Å². The van der Waals surface area contributed by atoms with E-state index in [-0.39, 0.29) is 19.5 Å². The second-order valence-electron chi connectivity index (χ2n) is 5.63. The van der Waals surface area contributed by atoms with Crippen LogP contribution in [0.25, 0.3) is 0 Å². The van der Waals surface area contributed by atoms with Gasteiger partial charge in [-0.1, -0.05) is 80.1 Å². The predicted octanol–water partition coefficient (Wildman–Crippen LogP) is 4.04. The summed E-state index contributed by atoms with van der Waals surface area (Å²) in [6.45, 7) is 5.99. The van der Waals surface area contributed by atoms with Crippen LogP contribution in [0.3, 0.4) is 0 Å². The molecule has 154 valence electrons. The molecule has 11 heteroatoms. The van der Waals surface area contributed by atoms with Crippen molar-refractivity contribution in [2.45, 2.75) is 80.1 Å². The van der Waals surface area contributed by atoms with Crippen LogP contribution in [-0.2, 0) is 43.1 Å². The Kier molecular flexibility index (Phi) is 35.5. The van der Waals surface area contributed by atoms with Gasteiger partial charge in [-0.2, -0.15) is 0 Å².